The molecule has 3 rings (SSSR count). The van der Waals surface area contributed by atoms with Gasteiger partial charge in [0.1, 0.15) is 24.3 Å². The molecule has 1 aliphatic heterocycles. The molecule has 0 fully saturated rings. The Hall–Kier alpha value is -2.67. The van der Waals surface area contributed by atoms with Crippen LogP contribution in [-0.4, -0.2) is 49.1 Å². The molecule has 7 heteroatoms. The number of carbonyl (C=O) groups is 1. The van der Waals surface area contributed by atoms with Gasteiger partial charge in [-0.2, -0.15) is 0 Å². The van der Waals surface area contributed by atoms with Gasteiger partial charge in [0.2, 0.25) is 5.88 Å². The summed E-state index contributed by atoms with van der Waals surface area (Å²) in [7, 11) is 3.93. The molecule has 0 saturated carbocycles. The van der Waals surface area contributed by atoms with Crippen LogP contribution < -0.4 is 14.8 Å². The Morgan fingerprint density at radius 3 is 2.85 bits per heavy atom. The van der Waals surface area contributed by atoms with Gasteiger partial charge < -0.3 is 19.7 Å². The highest BCUT2D eigenvalue weighted by molar-refractivity contribution is 5.94. The highest BCUT2D eigenvalue weighted by atomic mass is 19.1. The van der Waals surface area contributed by atoms with Crippen LogP contribution in [0.15, 0.2) is 36.5 Å². The Morgan fingerprint density at radius 1 is 1.35 bits per heavy atom. The molecule has 26 heavy (non-hydrogen) atoms. The predicted molar refractivity (Wildman–Crippen MR) is 95.0 cm³/mol. The number of carbonyl (C=O) groups excluding carboxylic acids is 1. The third-order valence-electron chi connectivity index (χ3n) is 4.17. The Balaban J connectivity index is 1.63. The minimum absolute atomic E-state index is 0.269. The fourth-order valence-electron chi connectivity index (χ4n) is 2.74. The Labute approximate surface area is 151 Å². The van der Waals surface area contributed by atoms with Crippen molar-refractivity contribution in [3.05, 3.63) is 53.5 Å². The molecule has 1 aliphatic rings. The first-order valence-electron chi connectivity index (χ1n) is 8.44. The highest BCUT2D eigenvalue weighted by Crippen LogP contribution is 2.37. The largest absolute Gasteiger partial charge is 0.488 e. The lowest BCUT2D eigenvalue weighted by Crippen LogP contribution is -2.33. The van der Waals surface area contributed by atoms with E-state index < -0.39 is 0 Å². The van der Waals surface area contributed by atoms with Gasteiger partial charge in [-0.05, 0) is 33.2 Å². The van der Waals surface area contributed by atoms with E-state index in [1.165, 1.54) is 18.3 Å². The summed E-state index contributed by atoms with van der Waals surface area (Å²) in [6.45, 7) is 3.14. The van der Waals surface area contributed by atoms with E-state index in [9.17, 15) is 9.18 Å². The van der Waals surface area contributed by atoms with E-state index in [-0.39, 0.29) is 23.9 Å². The van der Waals surface area contributed by atoms with Crippen molar-refractivity contribution in [1.82, 2.24) is 15.2 Å². The molecule has 0 bridgehead atoms. The van der Waals surface area contributed by atoms with Crippen LogP contribution in [0.5, 0.6) is 11.6 Å². The smallest absolute Gasteiger partial charge is 0.253 e. The van der Waals surface area contributed by atoms with Gasteiger partial charge in [-0.25, -0.2) is 9.37 Å². The second kappa shape index (κ2) is 7.70. The molecule has 1 aromatic heterocycles. The fourth-order valence-corrected chi connectivity index (χ4v) is 2.74. The summed E-state index contributed by atoms with van der Waals surface area (Å²) in [4.78, 5) is 18.7. The summed E-state index contributed by atoms with van der Waals surface area (Å²) in [5, 5.41) is 2.92. The molecule has 2 aromatic rings. The van der Waals surface area contributed by atoms with Gasteiger partial charge in [-0.3, -0.25) is 4.79 Å². The molecule has 0 radical (unpaired) electrons. The number of amides is 1. The molecule has 2 atom stereocenters. The van der Waals surface area contributed by atoms with Crippen molar-refractivity contribution in [3.63, 3.8) is 0 Å². The summed E-state index contributed by atoms with van der Waals surface area (Å²) >= 11 is 0. The van der Waals surface area contributed by atoms with Crippen molar-refractivity contribution >= 4 is 5.91 Å². The van der Waals surface area contributed by atoms with Crippen LogP contribution in [0.25, 0.3) is 0 Å². The maximum atomic E-state index is 13.3. The van der Waals surface area contributed by atoms with Crippen molar-refractivity contribution in [2.24, 2.45) is 0 Å². The van der Waals surface area contributed by atoms with Crippen LogP contribution in [0, 0.1) is 5.82 Å². The van der Waals surface area contributed by atoms with Crippen LogP contribution in [-0.2, 0) is 0 Å². The lowest BCUT2D eigenvalue weighted by atomic mass is 10.0. The van der Waals surface area contributed by atoms with Gasteiger partial charge in [0.05, 0.1) is 11.6 Å². The first kappa shape index (κ1) is 18.1. The average Bonchev–Trinajstić information content (AvgIpc) is 2.89. The second-order valence-corrected chi connectivity index (χ2v) is 6.49. The predicted octanol–water partition coefficient (Wildman–Crippen LogP) is 2.41. The summed E-state index contributed by atoms with van der Waals surface area (Å²) in [5.41, 5.74) is 1.19. The highest BCUT2D eigenvalue weighted by Gasteiger charge is 2.32. The molecule has 0 spiro atoms. The van der Waals surface area contributed by atoms with Gasteiger partial charge in [0.25, 0.3) is 5.91 Å². The number of hydrogen-bond donors (Lipinski definition) is 1. The van der Waals surface area contributed by atoms with Crippen LogP contribution in [0.1, 0.15) is 28.9 Å². The molecule has 0 saturated heterocycles. The second-order valence-electron chi connectivity index (χ2n) is 6.49. The zero-order valence-corrected chi connectivity index (χ0v) is 15.0. The number of likely N-dealkylation sites (N-methyl/N-ethyl adjacent to an activating group) is 1. The minimum atomic E-state index is -0.364. The minimum Gasteiger partial charge on any atom is -0.488 e. The summed E-state index contributed by atoms with van der Waals surface area (Å²) < 4.78 is 24.5. The van der Waals surface area contributed by atoms with Crippen LogP contribution in [0.3, 0.4) is 0 Å². The van der Waals surface area contributed by atoms with E-state index in [0.717, 1.165) is 12.1 Å². The molecule has 2 unspecified atom stereocenters. The van der Waals surface area contributed by atoms with Gasteiger partial charge in [-0.1, -0.05) is 6.07 Å². The van der Waals surface area contributed by atoms with Crippen LogP contribution in [0.2, 0.25) is 0 Å². The molecule has 138 valence electrons. The molecular formula is C19H22FN3O3. The Morgan fingerprint density at radius 2 is 2.15 bits per heavy atom. The van der Waals surface area contributed by atoms with Crippen molar-refractivity contribution in [2.45, 2.75) is 19.1 Å². The Bertz CT molecular complexity index is 780. The number of fused-ring (bicyclic) bond motifs is 1. The van der Waals surface area contributed by atoms with Crippen LogP contribution in [0.4, 0.5) is 4.39 Å². The number of hydrogen-bond acceptors (Lipinski definition) is 5. The van der Waals surface area contributed by atoms with Crippen molar-refractivity contribution in [2.75, 3.05) is 27.2 Å². The number of ether oxygens (including phenoxy) is 2. The lowest BCUT2D eigenvalue weighted by molar-refractivity contribution is 0.0908. The van der Waals surface area contributed by atoms with Crippen molar-refractivity contribution in [3.8, 4) is 11.6 Å². The topological polar surface area (TPSA) is 63.7 Å². The van der Waals surface area contributed by atoms with E-state index in [0.29, 0.717) is 23.8 Å². The quantitative estimate of drug-likeness (QED) is 0.858. The number of nitrogens with zero attached hydrogens (tertiary/aromatic N) is 2. The molecular weight excluding hydrogens is 337 g/mol. The molecule has 0 aliphatic carbocycles. The number of benzene rings is 1. The van der Waals surface area contributed by atoms with Gasteiger partial charge in [-0.15, -0.1) is 0 Å². The number of halogens is 1. The maximum Gasteiger partial charge on any atom is 0.253 e. The van der Waals surface area contributed by atoms with Crippen molar-refractivity contribution in [1.29, 1.82) is 0 Å². The zero-order valence-electron chi connectivity index (χ0n) is 15.0. The van der Waals surface area contributed by atoms with Crippen LogP contribution >= 0.6 is 0 Å². The standard InChI is InChI=1S/C19H22FN3O3/c1-12-18(15-6-5-14(20)10-16(15)26-12)22-19(24)13-4-7-17(21-11-13)25-9-8-23(2)3/h4-7,10-12,18H,8-9H2,1-3H3,(H,22,24). The van der Waals surface area contributed by atoms with Gasteiger partial charge in [0, 0.05) is 30.4 Å². The van der Waals surface area contributed by atoms with E-state index >= 15 is 0 Å². The van der Waals surface area contributed by atoms with E-state index in [2.05, 4.69) is 10.3 Å². The number of pyridine rings is 1. The normalized spacial score (nSPS) is 18.3. The summed E-state index contributed by atoms with van der Waals surface area (Å²) in [5.74, 6) is 0.305. The third kappa shape index (κ3) is 4.11. The lowest BCUT2D eigenvalue weighted by Gasteiger charge is -2.17. The number of aromatic nitrogens is 1. The molecule has 2 heterocycles. The zero-order chi connectivity index (χ0) is 18.7. The molecule has 6 nitrogen and oxygen atoms in total. The molecule has 1 amide bonds. The van der Waals surface area contributed by atoms with E-state index in [1.54, 1.807) is 18.2 Å². The number of nitrogens with one attached hydrogen (secondary N) is 1. The molecule has 1 N–H and O–H groups in total. The average molecular weight is 359 g/mol. The van der Waals surface area contributed by atoms with Crippen molar-refractivity contribution < 1.29 is 18.7 Å². The summed E-state index contributed by atoms with van der Waals surface area (Å²) in [6, 6.07) is 7.33. The fraction of sp³-hybridized carbons (Fsp3) is 0.368. The first-order chi connectivity index (χ1) is 12.4. The number of rotatable bonds is 6. The monoisotopic (exact) mass is 359 g/mol. The van der Waals surface area contributed by atoms with E-state index in [1.807, 2.05) is 25.9 Å². The molecule has 1 aromatic carbocycles. The van der Waals surface area contributed by atoms with Gasteiger partial charge >= 0.3 is 0 Å². The maximum absolute atomic E-state index is 13.3. The Kier molecular flexibility index (Phi) is 5.37. The third-order valence-corrected chi connectivity index (χ3v) is 4.17. The summed E-state index contributed by atoms with van der Waals surface area (Å²) in [6.07, 6.45) is 1.20. The first-order valence-corrected chi connectivity index (χ1v) is 8.44. The van der Waals surface area contributed by atoms with E-state index in [4.69, 9.17) is 9.47 Å². The van der Waals surface area contributed by atoms with Gasteiger partial charge in [0.15, 0.2) is 0 Å². The SMILES string of the molecule is CC1Oc2cc(F)ccc2C1NC(=O)c1ccc(OCCN(C)C)nc1.